The zero-order valence-electron chi connectivity index (χ0n) is 12.8. The van der Waals surface area contributed by atoms with Crippen LogP contribution in [0, 0.1) is 17.3 Å². The molecule has 0 aromatic heterocycles. The molecule has 0 aromatic rings. The van der Waals surface area contributed by atoms with Crippen molar-refractivity contribution in [3.05, 3.63) is 11.6 Å². The lowest BCUT2D eigenvalue weighted by Crippen LogP contribution is -2.27. The maximum Gasteiger partial charge on any atom is 0.319 e. The third kappa shape index (κ3) is 3.68. The lowest BCUT2D eigenvalue weighted by molar-refractivity contribution is -0.151. The first-order valence-electron chi connectivity index (χ1n) is 7.07. The lowest BCUT2D eigenvalue weighted by Gasteiger charge is -2.14. The molecule has 1 rings (SSSR count). The van der Waals surface area contributed by atoms with Crippen LogP contribution in [0.3, 0.4) is 0 Å². The van der Waals surface area contributed by atoms with Crippen molar-refractivity contribution in [1.82, 2.24) is 0 Å². The van der Waals surface area contributed by atoms with E-state index in [2.05, 4.69) is 26.8 Å². The Kier molecular flexibility index (Phi) is 5.33. The highest BCUT2D eigenvalue weighted by Crippen LogP contribution is 2.57. The van der Waals surface area contributed by atoms with Gasteiger partial charge in [-0.1, -0.05) is 18.6 Å². The molecule has 0 saturated heterocycles. The van der Waals surface area contributed by atoms with Gasteiger partial charge in [0, 0.05) is 0 Å². The number of carbonyl (C=O) groups is 2. The molecule has 0 bridgehead atoms. The summed E-state index contributed by atoms with van der Waals surface area (Å²) in [6.07, 6.45) is 6.02. The van der Waals surface area contributed by atoms with E-state index in [4.69, 9.17) is 4.74 Å². The number of hydrogen-bond donors (Lipinski definition) is 0. The fraction of sp³-hybridized carbons (Fsp3) is 0.750. The Balaban J connectivity index is 2.49. The summed E-state index contributed by atoms with van der Waals surface area (Å²) < 4.78 is 4.79. The number of rotatable bonds is 7. The normalized spacial score (nSPS) is 26.5. The summed E-state index contributed by atoms with van der Waals surface area (Å²) >= 11 is 0. The van der Waals surface area contributed by atoms with Crippen LogP contribution in [-0.4, -0.2) is 18.9 Å². The van der Waals surface area contributed by atoms with E-state index in [0.29, 0.717) is 12.3 Å². The summed E-state index contributed by atoms with van der Waals surface area (Å²) in [7, 11) is 1.36. The zero-order chi connectivity index (χ0) is 14.6. The molecule has 1 saturated carbocycles. The molecule has 1 aliphatic rings. The van der Waals surface area contributed by atoms with Gasteiger partial charge >= 0.3 is 5.97 Å². The van der Waals surface area contributed by atoms with E-state index in [9.17, 15) is 9.59 Å². The van der Waals surface area contributed by atoms with Gasteiger partial charge in [0.2, 0.25) is 0 Å². The van der Waals surface area contributed by atoms with E-state index < -0.39 is 5.41 Å². The molecule has 108 valence electrons. The smallest absolute Gasteiger partial charge is 0.319 e. The number of ketones is 1. The fourth-order valence-corrected chi connectivity index (χ4v) is 2.88. The van der Waals surface area contributed by atoms with Crippen LogP contribution in [0.4, 0.5) is 0 Å². The average molecular weight is 266 g/mol. The zero-order valence-corrected chi connectivity index (χ0v) is 12.8. The van der Waals surface area contributed by atoms with Gasteiger partial charge in [0.25, 0.3) is 0 Å². The van der Waals surface area contributed by atoms with E-state index in [1.807, 2.05) is 0 Å². The monoisotopic (exact) mass is 266 g/mol. The van der Waals surface area contributed by atoms with Gasteiger partial charge in [-0.2, -0.15) is 0 Å². The first-order valence-corrected chi connectivity index (χ1v) is 7.07. The molecule has 0 amide bonds. The summed E-state index contributed by atoms with van der Waals surface area (Å²) in [5.74, 6) is 0.327. The van der Waals surface area contributed by atoms with Crippen molar-refractivity contribution in [3.63, 3.8) is 0 Å². The Hall–Kier alpha value is -1.12. The first kappa shape index (κ1) is 15.9. The minimum atomic E-state index is -0.820. The predicted octanol–water partition coefficient (Wildman–Crippen LogP) is 3.53. The molecular formula is C16H26O3. The van der Waals surface area contributed by atoms with Crippen LogP contribution < -0.4 is 0 Å². The Labute approximate surface area is 116 Å². The highest BCUT2D eigenvalue weighted by molar-refractivity contribution is 6.06. The fourth-order valence-electron chi connectivity index (χ4n) is 2.88. The molecule has 0 aromatic carbocycles. The van der Waals surface area contributed by atoms with Gasteiger partial charge < -0.3 is 4.74 Å². The van der Waals surface area contributed by atoms with Gasteiger partial charge in [-0.15, -0.1) is 0 Å². The molecule has 1 aliphatic carbocycles. The topological polar surface area (TPSA) is 43.4 Å². The maximum absolute atomic E-state index is 11.8. The van der Waals surface area contributed by atoms with Crippen LogP contribution in [0.1, 0.15) is 53.4 Å². The van der Waals surface area contributed by atoms with Gasteiger partial charge in [-0.3, -0.25) is 9.59 Å². The molecule has 0 aliphatic heterocycles. The molecule has 0 spiro atoms. The lowest BCUT2D eigenvalue weighted by atomic mass is 9.91. The Morgan fingerprint density at radius 2 is 2.00 bits per heavy atom. The van der Waals surface area contributed by atoms with Crippen molar-refractivity contribution in [2.45, 2.75) is 53.4 Å². The minimum Gasteiger partial charge on any atom is -0.468 e. The van der Waals surface area contributed by atoms with Crippen molar-refractivity contribution < 1.29 is 14.3 Å². The summed E-state index contributed by atoms with van der Waals surface area (Å²) in [4.78, 5) is 23.5. The molecule has 3 heteroatoms. The van der Waals surface area contributed by atoms with E-state index in [-0.39, 0.29) is 17.7 Å². The second kappa shape index (κ2) is 6.36. The highest BCUT2D eigenvalue weighted by atomic mass is 16.5. The molecular weight excluding hydrogens is 240 g/mol. The average Bonchev–Trinajstić information content (AvgIpc) is 3.02. The van der Waals surface area contributed by atoms with E-state index in [1.54, 1.807) is 0 Å². The first-order chi connectivity index (χ1) is 8.84. The number of methoxy groups -OCH3 is 1. The van der Waals surface area contributed by atoms with Gasteiger partial charge in [0.1, 0.15) is 11.2 Å². The maximum atomic E-state index is 11.8. The summed E-state index contributed by atoms with van der Waals surface area (Å²) in [6, 6.07) is 0. The Bertz CT molecular complexity index is 379. The SMILES string of the molecule is COC(=O)C1(C(C)=O)CC1CC(C)CCC=C(C)C. The minimum absolute atomic E-state index is 0.0409. The largest absolute Gasteiger partial charge is 0.468 e. The van der Waals surface area contributed by atoms with Crippen molar-refractivity contribution in [2.75, 3.05) is 7.11 Å². The summed E-state index contributed by atoms with van der Waals surface area (Å²) in [5.41, 5.74) is 0.519. The van der Waals surface area contributed by atoms with Crippen LogP contribution >= 0.6 is 0 Å². The quantitative estimate of drug-likeness (QED) is 0.402. The number of ether oxygens (including phenoxy) is 1. The van der Waals surface area contributed by atoms with Crippen LogP contribution in [0.2, 0.25) is 0 Å². The Morgan fingerprint density at radius 1 is 1.37 bits per heavy atom. The van der Waals surface area contributed by atoms with Crippen LogP contribution in [0.25, 0.3) is 0 Å². The summed E-state index contributed by atoms with van der Waals surface area (Å²) in [5, 5.41) is 0. The number of hydrogen-bond acceptors (Lipinski definition) is 3. The van der Waals surface area contributed by atoms with Crippen molar-refractivity contribution >= 4 is 11.8 Å². The standard InChI is InChI=1S/C16H26O3/c1-11(2)7-6-8-12(3)9-14-10-16(14,13(4)17)15(18)19-5/h7,12,14H,6,8-10H2,1-5H3. The molecule has 0 radical (unpaired) electrons. The van der Waals surface area contributed by atoms with Crippen molar-refractivity contribution in [1.29, 1.82) is 0 Å². The molecule has 3 unspecified atom stereocenters. The number of esters is 1. The molecule has 1 fully saturated rings. The molecule has 3 nitrogen and oxygen atoms in total. The summed E-state index contributed by atoms with van der Waals surface area (Å²) in [6.45, 7) is 7.90. The van der Waals surface area contributed by atoms with Gasteiger partial charge in [0.05, 0.1) is 7.11 Å². The molecule has 19 heavy (non-hydrogen) atoms. The van der Waals surface area contributed by atoms with Gasteiger partial charge in [0.15, 0.2) is 0 Å². The molecule has 0 N–H and O–H groups in total. The number of Topliss-reactive ketones (excluding diaryl/α,β-unsaturated/α-hetero) is 1. The third-order valence-electron chi connectivity index (χ3n) is 4.18. The third-order valence-corrected chi connectivity index (χ3v) is 4.18. The van der Waals surface area contributed by atoms with E-state index in [0.717, 1.165) is 19.3 Å². The van der Waals surface area contributed by atoms with Gasteiger partial charge in [-0.25, -0.2) is 0 Å². The van der Waals surface area contributed by atoms with Crippen molar-refractivity contribution in [3.8, 4) is 0 Å². The second-order valence-electron chi connectivity index (χ2n) is 6.12. The predicted molar refractivity (Wildman–Crippen MR) is 75.7 cm³/mol. The number of carbonyl (C=O) groups excluding carboxylic acids is 2. The number of allylic oxidation sites excluding steroid dienone is 2. The molecule has 3 atom stereocenters. The van der Waals surface area contributed by atoms with Crippen LogP contribution in [0.5, 0.6) is 0 Å². The van der Waals surface area contributed by atoms with E-state index in [1.165, 1.54) is 19.6 Å². The highest BCUT2D eigenvalue weighted by Gasteiger charge is 2.64. The second-order valence-corrected chi connectivity index (χ2v) is 6.12. The van der Waals surface area contributed by atoms with Crippen LogP contribution in [-0.2, 0) is 14.3 Å². The van der Waals surface area contributed by atoms with Crippen molar-refractivity contribution in [2.24, 2.45) is 17.3 Å². The van der Waals surface area contributed by atoms with Crippen LogP contribution in [0.15, 0.2) is 11.6 Å². The molecule has 0 heterocycles. The van der Waals surface area contributed by atoms with E-state index >= 15 is 0 Å². The Morgan fingerprint density at radius 3 is 2.47 bits per heavy atom. The van der Waals surface area contributed by atoms with Gasteiger partial charge in [-0.05, 0) is 58.3 Å².